The smallest absolute Gasteiger partial charge is 0.224 e. The molecular formula is C10H20N2O3. The van der Waals surface area contributed by atoms with E-state index in [9.17, 15) is 4.79 Å². The van der Waals surface area contributed by atoms with Crippen LogP contribution in [0.3, 0.4) is 0 Å². The van der Waals surface area contributed by atoms with Gasteiger partial charge in [0.05, 0.1) is 32.3 Å². The van der Waals surface area contributed by atoms with Crippen molar-refractivity contribution < 1.29 is 14.3 Å². The van der Waals surface area contributed by atoms with Crippen LogP contribution in [0.2, 0.25) is 0 Å². The Balaban J connectivity index is 2.02. The van der Waals surface area contributed by atoms with Crippen molar-refractivity contribution in [1.29, 1.82) is 0 Å². The highest BCUT2D eigenvalue weighted by molar-refractivity contribution is 5.76. The molecule has 1 aliphatic heterocycles. The summed E-state index contributed by atoms with van der Waals surface area (Å²) in [7, 11) is 3.48. The summed E-state index contributed by atoms with van der Waals surface area (Å²) >= 11 is 0. The monoisotopic (exact) mass is 216 g/mol. The van der Waals surface area contributed by atoms with Crippen molar-refractivity contribution in [2.45, 2.75) is 12.5 Å². The number of ether oxygens (including phenoxy) is 2. The van der Waals surface area contributed by atoms with E-state index < -0.39 is 0 Å². The molecule has 0 saturated carbocycles. The van der Waals surface area contributed by atoms with Crippen LogP contribution in [0, 0.1) is 0 Å². The van der Waals surface area contributed by atoms with Crippen LogP contribution < -0.4 is 5.32 Å². The molecule has 0 radical (unpaired) electrons. The minimum absolute atomic E-state index is 0.152. The van der Waals surface area contributed by atoms with Gasteiger partial charge in [-0.05, 0) is 0 Å². The zero-order chi connectivity index (χ0) is 11.1. The van der Waals surface area contributed by atoms with Crippen LogP contribution in [0.5, 0.6) is 0 Å². The highest BCUT2D eigenvalue weighted by Gasteiger charge is 2.24. The number of rotatable bonds is 7. The number of hydrogen-bond donors (Lipinski definition) is 1. The van der Waals surface area contributed by atoms with Crippen LogP contribution >= 0.6 is 0 Å². The molecule has 0 aromatic rings. The van der Waals surface area contributed by atoms with Gasteiger partial charge >= 0.3 is 0 Å². The van der Waals surface area contributed by atoms with Gasteiger partial charge in [0.2, 0.25) is 5.91 Å². The lowest BCUT2D eigenvalue weighted by molar-refractivity contribution is -0.134. The Labute approximate surface area is 90.7 Å². The van der Waals surface area contributed by atoms with Gasteiger partial charge in [0.1, 0.15) is 0 Å². The van der Waals surface area contributed by atoms with Crippen LogP contribution in [0.1, 0.15) is 6.42 Å². The molecule has 0 spiro atoms. The van der Waals surface area contributed by atoms with Crippen LogP contribution in [0.15, 0.2) is 0 Å². The average molecular weight is 216 g/mol. The molecule has 0 aromatic carbocycles. The van der Waals surface area contributed by atoms with Gasteiger partial charge in [-0.25, -0.2) is 0 Å². The maximum atomic E-state index is 11.6. The van der Waals surface area contributed by atoms with E-state index in [4.69, 9.17) is 9.47 Å². The number of nitrogens with zero attached hydrogens (tertiary/aromatic N) is 1. The summed E-state index contributed by atoms with van der Waals surface area (Å²) in [5, 5.41) is 3.14. The van der Waals surface area contributed by atoms with Gasteiger partial charge in [-0.2, -0.15) is 0 Å². The largest absolute Gasteiger partial charge is 0.382 e. The Hall–Kier alpha value is -0.650. The van der Waals surface area contributed by atoms with Gasteiger partial charge in [-0.3, -0.25) is 4.79 Å². The molecule has 1 aliphatic rings. The maximum absolute atomic E-state index is 11.6. The first-order valence-corrected chi connectivity index (χ1v) is 5.28. The fourth-order valence-corrected chi connectivity index (χ4v) is 1.33. The Morgan fingerprint density at radius 2 is 2.13 bits per heavy atom. The van der Waals surface area contributed by atoms with E-state index in [-0.39, 0.29) is 5.91 Å². The van der Waals surface area contributed by atoms with Crippen LogP contribution in [0.25, 0.3) is 0 Å². The highest BCUT2D eigenvalue weighted by atomic mass is 16.5. The second-order valence-electron chi connectivity index (χ2n) is 3.67. The Morgan fingerprint density at radius 3 is 2.67 bits per heavy atom. The molecule has 1 saturated heterocycles. The van der Waals surface area contributed by atoms with E-state index in [2.05, 4.69) is 5.32 Å². The minimum atomic E-state index is 0.152. The molecule has 0 bridgehead atoms. The highest BCUT2D eigenvalue weighted by Crippen LogP contribution is 2.03. The minimum Gasteiger partial charge on any atom is -0.382 e. The first-order valence-electron chi connectivity index (χ1n) is 5.28. The Morgan fingerprint density at radius 1 is 1.40 bits per heavy atom. The fourth-order valence-electron chi connectivity index (χ4n) is 1.33. The average Bonchev–Trinajstić information content (AvgIpc) is 2.14. The van der Waals surface area contributed by atoms with Crippen molar-refractivity contribution in [2.75, 3.05) is 47.1 Å². The molecule has 0 atom stereocenters. The molecule has 0 aliphatic carbocycles. The van der Waals surface area contributed by atoms with E-state index in [0.29, 0.717) is 32.3 Å². The lowest BCUT2D eigenvalue weighted by Crippen LogP contribution is -2.57. The van der Waals surface area contributed by atoms with Gasteiger partial charge in [0.15, 0.2) is 0 Å². The summed E-state index contributed by atoms with van der Waals surface area (Å²) in [6, 6.07) is 0.372. The van der Waals surface area contributed by atoms with E-state index in [1.165, 1.54) is 0 Å². The number of likely N-dealkylation sites (N-methyl/N-ethyl adjacent to an activating group) is 1. The number of carbonyl (C=O) groups is 1. The quantitative estimate of drug-likeness (QED) is 0.581. The van der Waals surface area contributed by atoms with Crippen molar-refractivity contribution in [2.24, 2.45) is 0 Å². The molecule has 0 aromatic heterocycles. The number of nitrogens with one attached hydrogen (secondary N) is 1. The predicted octanol–water partition coefficient (Wildman–Crippen LogP) is -0.530. The summed E-state index contributed by atoms with van der Waals surface area (Å²) < 4.78 is 10.1. The standard InChI is InChI=1S/C10H20N2O3/c1-12(9-7-11-8-9)10(13)3-4-15-6-5-14-2/h9,11H,3-8H2,1-2H3. The van der Waals surface area contributed by atoms with E-state index in [1.807, 2.05) is 7.05 Å². The SMILES string of the molecule is COCCOCCC(=O)N(C)C1CNC1. The van der Waals surface area contributed by atoms with E-state index in [1.54, 1.807) is 12.0 Å². The molecule has 88 valence electrons. The summed E-state index contributed by atoms with van der Waals surface area (Å²) in [5.41, 5.74) is 0. The number of amides is 1. The predicted molar refractivity (Wildman–Crippen MR) is 56.7 cm³/mol. The van der Waals surface area contributed by atoms with Crippen molar-refractivity contribution in [3.63, 3.8) is 0 Å². The van der Waals surface area contributed by atoms with Gasteiger partial charge < -0.3 is 19.7 Å². The first-order chi connectivity index (χ1) is 7.25. The first kappa shape index (κ1) is 12.4. The van der Waals surface area contributed by atoms with Crippen LogP contribution in [-0.4, -0.2) is 63.9 Å². The van der Waals surface area contributed by atoms with Gasteiger partial charge in [-0.1, -0.05) is 0 Å². The third-order valence-corrected chi connectivity index (χ3v) is 2.59. The third kappa shape index (κ3) is 4.15. The molecule has 0 unspecified atom stereocenters. The third-order valence-electron chi connectivity index (χ3n) is 2.59. The zero-order valence-corrected chi connectivity index (χ0v) is 9.49. The molecule has 5 heteroatoms. The van der Waals surface area contributed by atoms with Crippen LogP contribution in [0.4, 0.5) is 0 Å². The number of hydrogen-bond acceptors (Lipinski definition) is 4. The van der Waals surface area contributed by atoms with Crippen LogP contribution in [-0.2, 0) is 14.3 Å². The molecule has 1 N–H and O–H groups in total. The molecule has 1 fully saturated rings. The Kier molecular flexibility index (Phi) is 5.60. The normalized spacial score (nSPS) is 16.1. The second kappa shape index (κ2) is 6.76. The maximum Gasteiger partial charge on any atom is 0.224 e. The lowest BCUT2D eigenvalue weighted by atomic mass is 10.1. The summed E-state index contributed by atoms with van der Waals surface area (Å²) in [4.78, 5) is 13.4. The van der Waals surface area contributed by atoms with Crippen molar-refractivity contribution >= 4 is 5.91 Å². The van der Waals surface area contributed by atoms with Crippen molar-refractivity contribution in [3.05, 3.63) is 0 Å². The summed E-state index contributed by atoms with van der Waals surface area (Å²) in [5.74, 6) is 0.152. The molecule has 1 heterocycles. The van der Waals surface area contributed by atoms with Crippen molar-refractivity contribution in [1.82, 2.24) is 10.2 Å². The molecule has 15 heavy (non-hydrogen) atoms. The van der Waals surface area contributed by atoms with Gasteiger partial charge in [0.25, 0.3) is 0 Å². The second-order valence-corrected chi connectivity index (χ2v) is 3.67. The molecule has 1 rings (SSSR count). The molecular weight excluding hydrogens is 196 g/mol. The summed E-state index contributed by atoms with van der Waals surface area (Å²) in [6.07, 6.45) is 0.455. The van der Waals surface area contributed by atoms with Crippen molar-refractivity contribution in [3.8, 4) is 0 Å². The van der Waals surface area contributed by atoms with E-state index in [0.717, 1.165) is 13.1 Å². The number of carbonyl (C=O) groups excluding carboxylic acids is 1. The van der Waals surface area contributed by atoms with E-state index >= 15 is 0 Å². The molecule has 1 amide bonds. The Bertz CT molecular complexity index is 195. The number of methoxy groups -OCH3 is 1. The summed E-state index contributed by atoms with van der Waals surface area (Å²) in [6.45, 7) is 3.43. The lowest BCUT2D eigenvalue weighted by Gasteiger charge is -2.35. The van der Waals surface area contributed by atoms with Gasteiger partial charge in [-0.15, -0.1) is 0 Å². The zero-order valence-electron chi connectivity index (χ0n) is 9.49. The molecule has 5 nitrogen and oxygen atoms in total. The topological polar surface area (TPSA) is 50.8 Å². The van der Waals surface area contributed by atoms with Gasteiger partial charge in [0, 0.05) is 27.2 Å². The fraction of sp³-hybridized carbons (Fsp3) is 0.900.